The molecule has 1 spiro atoms. The number of aryl methyl sites for hydroxylation is 1. The van der Waals surface area contributed by atoms with E-state index in [9.17, 15) is 9.59 Å². The molecule has 0 atom stereocenters. The van der Waals surface area contributed by atoms with E-state index in [4.69, 9.17) is 9.47 Å². The number of nitrogens with one attached hydrogen (secondary N) is 1. The van der Waals surface area contributed by atoms with Crippen LogP contribution < -0.4 is 4.74 Å². The maximum absolute atomic E-state index is 16.6. The number of H-pyrrole nitrogens is 1. The summed E-state index contributed by atoms with van der Waals surface area (Å²) in [5, 5.41) is 8.36. The molecule has 4 aliphatic rings. The van der Waals surface area contributed by atoms with Gasteiger partial charge in [-0.05, 0) is 48.6 Å². The molecule has 0 unspecified atom stereocenters. The lowest BCUT2D eigenvalue weighted by atomic mass is 9.63. The molecule has 2 saturated heterocycles. The number of para-hydroxylation sites is 1. The minimum Gasteiger partial charge on any atom is -0.496 e. The Morgan fingerprint density at radius 2 is 1.85 bits per heavy atom. The molecule has 1 saturated carbocycles. The predicted molar refractivity (Wildman–Crippen MR) is 178 cm³/mol. The fourth-order valence-corrected chi connectivity index (χ4v) is 7.86. The maximum atomic E-state index is 16.6. The second kappa shape index (κ2) is 12.5. The number of fused-ring (bicyclic) bond motifs is 1. The monoisotopic (exact) mass is 653 g/mol. The van der Waals surface area contributed by atoms with Gasteiger partial charge in [-0.2, -0.15) is 0 Å². The van der Waals surface area contributed by atoms with Crippen LogP contribution in [-0.4, -0.2) is 112 Å². The van der Waals surface area contributed by atoms with Gasteiger partial charge in [0.15, 0.2) is 5.82 Å². The van der Waals surface area contributed by atoms with Crippen molar-refractivity contribution in [1.82, 2.24) is 34.7 Å². The molecule has 11 nitrogen and oxygen atoms in total. The highest BCUT2D eigenvalue weighted by Gasteiger charge is 2.51. The third-order valence-corrected chi connectivity index (χ3v) is 10.6. The summed E-state index contributed by atoms with van der Waals surface area (Å²) in [6.07, 6.45) is 8.57. The minimum atomic E-state index is -0.436. The smallest absolute Gasteiger partial charge is 0.270 e. The number of carbonyl (C=O) groups excluding carboxylic acids is 2. The summed E-state index contributed by atoms with van der Waals surface area (Å²) >= 11 is 0. The van der Waals surface area contributed by atoms with Crippen molar-refractivity contribution >= 4 is 28.3 Å². The average molecular weight is 654 g/mol. The van der Waals surface area contributed by atoms with Gasteiger partial charge >= 0.3 is 0 Å². The van der Waals surface area contributed by atoms with Crippen molar-refractivity contribution in [2.75, 3.05) is 59.6 Å². The standard InChI is InChI=1S/C36H40FN7O4/c1-47-31-7-3-2-6-26(31)28-17-27(24-5-4-10-43(21-24)32(45)8-11-44-12-9-38-40-44)33(37)34-29(28)18-30(39-34)35(46)42-15-13-41(14-16-42)25-19-36(20-25)22-48-23-36/h2-3,5-7,9,12,17-18,25,39H,4,8,10-11,13-16,19-23H2,1H3. The molecule has 48 heavy (non-hydrogen) atoms. The summed E-state index contributed by atoms with van der Waals surface area (Å²) in [6.45, 7) is 5.98. The van der Waals surface area contributed by atoms with Crippen molar-refractivity contribution in [3.8, 4) is 16.9 Å². The highest BCUT2D eigenvalue weighted by Crippen LogP contribution is 2.49. The molecule has 1 aliphatic carbocycles. The fourth-order valence-electron chi connectivity index (χ4n) is 7.86. The van der Waals surface area contributed by atoms with Gasteiger partial charge < -0.3 is 24.3 Å². The van der Waals surface area contributed by atoms with Crippen LogP contribution in [0.4, 0.5) is 4.39 Å². The number of aromatic amines is 1. The molecule has 3 fully saturated rings. The van der Waals surface area contributed by atoms with E-state index >= 15 is 4.39 Å². The van der Waals surface area contributed by atoms with Gasteiger partial charge in [0.25, 0.3) is 5.91 Å². The molecule has 0 bridgehead atoms. The first-order valence-electron chi connectivity index (χ1n) is 16.8. The number of amides is 2. The van der Waals surface area contributed by atoms with Gasteiger partial charge in [0.1, 0.15) is 11.4 Å². The molecule has 3 aliphatic heterocycles. The number of methoxy groups -OCH3 is 1. The molecule has 0 radical (unpaired) electrons. The van der Waals surface area contributed by atoms with Crippen LogP contribution in [0.5, 0.6) is 5.75 Å². The Morgan fingerprint density at radius 1 is 1.04 bits per heavy atom. The highest BCUT2D eigenvalue weighted by molar-refractivity contribution is 6.05. The number of rotatable bonds is 8. The number of nitrogens with zero attached hydrogens (tertiary/aromatic N) is 6. The van der Waals surface area contributed by atoms with Crippen LogP contribution in [-0.2, 0) is 16.1 Å². The quantitative estimate of drug-likeness (QED) is 0.304. The Labute approximate surface area is 278 Å². The highest BCUT2D eigenvalue weighted by atomic mass is 19.1. The zero-order valence-corrected chi connectivity index (χ0v) is 27.2. The van der Waals surface area contributed by atoms with Crippen LogP contribution in [0.3, 0.4) is 0 Å². The molecular weight excluding hydrogens is 613 g/mol. The number of benzene rings is 2. The van der Waals surface area contributed by atoms with Crippen molar-refractivity contribution in [3.05, 3.63) is 71.9 Å². The molecule has 250 valence electrons. The van der Waals surface area contributed by atoms with E-state index < -0.39 is 5.82 Å². The van der Waals surface area contributed by atoms with Crippen LogP contribution in [0.25, 0.3) is 27.6 Å². The molecule has 12 heteroatoms. The van der Waals surface area contributed by atoms with Crippen molar-refractivity contribution in [3.63, 3.8) is 0 Å². The normalized spacial score (nSPS) is 19.7. The third-order valence-electron chi connectivity index (χ3n) is 10.6. The fraction of sp³-hybridized carbons (Fsp3) is 0.444. The second-order valence-corrected chi connectivity index (χ2v) is 13.6. The zero-order valence-electron chi connectivity index (χ0n) is 27.2. The van der Waals surface area contributed by atoms with Gasteiger partial charge in [0.05, 0.1) is 38.6 Å². The lowest BCUT2D eigenvalue weighted by Crippen LogP contribution is -2.62. The summed E-state index contributed by atoms with van der Waals surface area (Å²) in [6, 6.07) is 11.8. The van der Waals surface area contributed by atoms with Gasteiger partial charge in [-0.15, -0.1) is 5.10 Å². The first-order chi connectivity index (χ1) is 23.4. The summed E-state index contributed by atoms with van der Waals surface area (Å²) in [4.78, 5) is 36.4. The number of hydrogen-bond acceptors (Lipinski definition) is 7. The summed E-state index contributed by atoms with van der Waals surface area (Å²) in [5.41, 5.74) is 3.73. The van der Waals surface area contributed by atoms with Crippen molar-refractivity contribution in [2.24, 2.45) is 5.41 Å². The Kier molecular flexibility index (Phi) is 8.00. The third kappa shape index (κ3) is 5.56. The number of hydrogen-bond donors (Lipinski definition) is 1. The van der Waals surface area contributed by atoms with E-state index in [1.54, 1.807) is 35.2 Å². The van der Waals surface area contributed by atoms with E-state index in [-0.39, 0.29) is 30.3 Å². The Hall–Kier alpha value is -4.55. The zero-order chi connectivity index (χ0) is 32.8. The van der Waals surface area contributed by atoms with Crippen LogP contribution in [0.1, 0.15) is 41.7 Å². The number of ether oxygens (including phenoxy) is 2. The van der Waals surface area contributed by atoms with Gasteiger partial charge in [0, 0.05) is 79.9 Å². The van der Waals surface area contributed by atoms with Gasteiger partial charge in [-0.25, -0.2) is 4.39 Å². The lowest BCUT2D eigenvalue weighted by Gasteiger charge is -2.57. The SMILES string of the molecule is COc1ccccc1-c1cc(C2=CCCN(C(=O)CCn3ccnn3)C2)c(F)c2[nH]c(C(=O)N3CCN(C4CC5(COC5)C4)CC3)cc12. The van der Waals surface area contributed by atoms with Gasteiger partial charge in [-0.1, -0.05) is 29.5 Å². The van der Waals surface area contributed by atoms with Crippen molar-refractivity contribution in [2.45, 2.75) is 38.3 Å². The Bertz CT molecular complexity index is 1870. The molecule has 8 rings (SSSR count). The summed E-state index contributed by atoms with van der Waals surface area (Å²) < 4.78 is 29.4. The van der Waals surface area contributed by atoms with Crippen LogP contribution in [0.2, 0.25) is 0 Å². The lowest BCUT2D eigenvalue weighted by molar-refractivity contribution is -0.186. The summed E-state index contributed by atoms with van der Waals surface area (Å²) in [7, 11) is 1.61. The van der Waals surface area contributed by atoms with Gasteiger partial charge in [0.2, 0.25) is 5.91 Å². The molecular formula is C36H40FN7O4. The van der Waals surface area contributed by atoms with E-state index in [0.29, 0.717) is 66.4 Å². The minimum absolute atomic E-state index is 0.0238. The average Bonchev–Trinajstić information content (AvgIpc) is 3.78. The second-order valence-electron chi connectivity index (χ2n) is 13.6. The summed E-state index contributed by atoms with van der Waals surface area (Å²) in [5.74, 6) is 0.0606. The maximum Gasteiger partial charge on any atom is 0.270 e. The number of halogens is 1. The molecule has 2 aromatic heterocycles. The van der Waals surface area contributed by atoms with E-state index in [2.05, 4.69) is 20.2 Å². The van der Waals surface area contributed by atoms with Crippen LogP contribution in [0.15, 0.2) is 54.9 Å². The number of piperazine rings is 1. The first-order valence-corrected chi connectivity index (χ1v) is 16.8. The van der Waals surface area contributed by atoms with E-state index in [0.717, 1.165) is 43.0 Å². The molecule has 2 amide bonds. The first kappa shape index (κ1) is 30.8. The van der Waals surface area contributed by atoms with Crippen molar-refractivity contribution in [1.29, 1.82) is 0 Å². The molecule has 2 aromatic carbocycles. The van der Waals surface area contributed by atoms with Crippen LogP contribution in [0, 0.1) is 11.2 Å². The largest absolute Gasteiger partial charge is 0.496 e. The number of carbonyl (C=O) groups is 2. The predicted octanol–water partition coefficient (Wildman–Crippen LogP) is 4.22. The van der Waals surface area contributed by atoms with E-state index in [1.807, 2.05) is 41.3 Å². The molecule has 5 heterocycles. The Balaban J connectivity index is 1.07. The van der Waals surface area contributed by atoms with E-state index in [1.165, 1.54) is 12.8 Å². The van der Waals surface area contributed by atoms with Gasteiger partial charge in [-0.3, -0.25) is 19.2 Å². The topological polar surface area (TPSA) is 109 Å². The molecule has 1 N–H and O–H groups in total. The number of aromatic nitrogens is 4. The Morgan fingerprint density at radius 3 is 2.58 bits per heavy atom. The molecule has 4 aromatic rings. The van der Waals surface area contributed by atoms with Crippen LogP contribution >= 0.6 is 0 Å². The van der Waals surface area contributed by atoms with Crippen molar-refractivity contribution < 1.29 is 23.5 Å².